The molecule has 0 aliphatic carbocycles. The Morgan fingerprint density at radius 2 is 2.35 bits per heavy atom. The molecule has 5 heteroatoms. The lowest BCUT2D eigenvalue weighted by Crippen LogP contribution is -2.07. The molecule has 1 N–H and O–H groups in total. The zero-order valence-electron chi connectivity index (χ0n) is 9.47. The highest BCUT2D eigenvalue weighted by molar-refractivity contribution is 7.20. The minimum atomic E-state index is -0.411. The zero-order valence-corrected chi connectivity index (χ0v) is 10.3. The van der Waals surface area contributed by atoms with Crippen LogP contribution in [0, 0.1) is 0 Å². The fourth-order valence-electron chi connectivity index (χ4n) is 1.43. The van der Waals surface area contributed by atoms with E-state index in [1.807, 2.05) is 6.92 Å². The number of fused-ring (bicyclic) bond motifs is 1. The Morgan fingerprint density at radius 3 is 3.12 bits per heavy atom. The molecule has 2 aromatic rings. The molecule has 0 radical (unpaired) electrons. The van der Waals surface area contributed by atoms with E-state index in [0.717, 1.165) is 22.9 Å². The quantitative estimate of drug-likeness (QED) is 0.670. The number of aromatic hydroxyl groups is 1. The number of unbranched alkanes of at least 4 members (excludes halogenated alkanes) is 1. The molecule has 0 aromatic carbocycles. The van der Waals surface area contributed by atoms with Gasteiger partial charge in [0.2, 0.25) is 0 Å². The van der Waals surface area contributed by atoms with Crippen molar-refractivity contribution in [3.63, 3.8) is 0 Å². The highest BCUT2D eigenvalue weighted by atomic mass is 32.1. The number of thiophene rings is 1. The van der Waals surface area contributed by atoms with Crippen LogP contribution in [0.2, 0.25) is 0 Å². The maximum atomic E-state index is 11.6. The van der Waals surface area contributed by atoms with E-state index in [0.29, 0.717) is 6.61 Å². The van der Waals surface area contributed by atoms with E-state index >= 15 is 0 Å². The molecule has 0 aliphatic rings. The molecule has 17 heavy (non-hydrogen) atoms. The summed E-state index contributed by atoms with van der Waals surface area (Å²) in [6.45, 7) is 2.45. The van der Waals surface area contributed by atoms with Crippen molar-refractivity contribution in [1.29, 1.82) is 0 Å². The number of nitrogens with zero attached hydrogens (tertiary/aromatic N) is 1. The summed E-state index contributed by atoms with van der Waals surface area (Å²) < 4.78 is 5.92. The predicted molar refractivity (Wildman–Crippen MR) is 66.5 cm³/mol. The van der Waals surface area contributed by atoms with Gasteiger partial charge >= 0.3 is 5.97 Å². The molecule has 0 unspecified atom stereocenters. The summed E-state index contributed by atoms with van der Waals surface area (Å²) in [6.07, 6.45) is 3.42. The van der Waals surface area contributed by atoms with Gasteiger partial charge in [-0.3, -0.25) is 0 Å². The maximum absolute atomic E-state index is 11.6. The number of carbonyl (C=O) groups is 1. The van der Waals surface area contributed by atoms with E-state index in [4.69, 9.17) is 4.74 Å². The minimum absolute atomic E-state index is 0.221. The molecule has 4 nitrogen and oxygen atoms in total. The number of aromatic nitrogens is 1. The Balaban J connectivity index is 2.15. The van der Waals surface area contributed by atoms with Crippen LogP contribution in [0.25, 0.3) is 10.1 Å². The molecule has 0 saturated heterocycles. The van der Waals surface area contributed by atoms with Crippen molar-refractivity contribution < 1.29 is 14.6 Å². The second kappa shape index (κ2) is 5.14. The van der Waals surface area contributed by atoms with Gasteiger partial charge in [-0.2, -0.15) is 0 Å². The fraction of sp³-hybridized carbons (Fsp3) is 0.333. The van der Waals surface area contributed by atoms with Crippen molar-refractivity contribution in [3.05, 3.63) is 24.0 Å². The van der Waals surface area contributed by atoms with Gasteiger partial charge in [0.05, 0.1) is 11.3 Å². The Hall–Kier alpha value is -1.62. The summed E-state index contributed by atoms with van der Waals surface area (Å²) >= 11 is 1.23. The summed E-state index contributed by atoms with van der Waals surface area (Å²) in [5, 5.41) is 10.4. The van der Waals surface area contributed by atoms with Crippen molar-refractivity contribution in [2.45, 2.75) is 19.8 Å². The molecular formula is C12H13NO3S. The van der Waals surface area contributed by atoms with Crippen molar-refractivity contribution in [2.24, 2.45) is 0 Å². The number of pyridine rings is 1. The molecule has 2 heterocycles. The van der Waals surface area contributed by atoms with Crippen LogP contribution in [-0.2, 0) is 4.74 Å². The van der Waals surface area contributed by atoms with Gasteiger partial charge in [0.1, 0.15) is 5.69 Å². The number of carbonyl (C=O) groups excluding carboxylic acids is 1. The maximum Gasteiger partial charge on any atom is 0.356 e. The van der Waals surface area contributed by atoms with Crippen molar-refractivity contribution in [2.75, 3.05) is 6.61 Å². The average Bonchev–Trinajstić information content (AvgIpc) is 2.68. The molecule has 0 bridgehead atoms. The van der Waals surface area contributed by atoms with E-state index in [9.17, 15) is 9.90 Å². The summed E-state index contributed by atoms with van der Waals surface area (Å²) in [4.78, 5) is 15.6. The average molecular weight is 251 g/mol. The molecule has 2 rings (SSSR count). The number of rotatable bonds is 4. The first-order valence-electron chi connectivity index (χ1n) is 5.46. The molecule has 0 atom stereocenters. The Kier molecular flexibility index (Phi) is 3.58. The monoisotopic (exact) mass is 251 g/mol. The first-order valence-corrected chi connectivity index (χ1v) is 6.28. The molecule has 0 saturated carbocycles. The van der Waals surface area contributed by atoms with E-state index in [1.54, 1.807) is 18.3 Å². The van der Waals surface area contributed by atoms with Gasteiger partial charge in [0.15, 0.2) is 5.06 Å². The molecule has 0 fully saturated rings. The largest absolute Gasteiger partial charge is 0.499 e. The summed E-state index contributed by atoms with van der Waals surface area (Å²) in [5.41, 5.74) is 0.284. The summed E-state index contributed by atoms with van der Waals surface area (Å²) in [7, 11) is 0. The Morgan fingerprint density at radius 1 is 1.53 bits per heavy atom. The van der Waals surface area contributed by atoms with Crippen LogP contribution in [0.1, 0.15) is 30.3 Å². The van der Waals surface area contributed by atoms with Gasteiger partial charge in [-0.15, -0.1) is 0 Å². The predicted octanol–water partition coefficient (Wildman–Crippen LogP) is 2.96. The lowest BCUT2D eigenvalue weighted by atomic mass is 10.2. The van der Waals surface area contributed by atoms with E-state index < -0.39 is 5.97 Å². The van der Waals surface area contributed by atoms with E-state index in [-0.39, 0.29) is 10.8 Å². The van der Waals surface area contributed by atoms with Gasteiger partial charge in [-0.05, 0) is 18.6 Å². The third-order valence-corrected chi connectivity index (χ3v) is 3.22. The first-order chi connectivity index (χ1) is 8.20. The first kappa shape index (κ1) is 11.9. The van der Waals surface area contributed by atoms with Crippen LogP contribution in [0.3, 0.4) is 0 Å². The van der Waals surface area contributed by atoms with Crippen LogP contribution < -0.4 is 0 Å². The normalized spacial score (nSPS) is 10.6. The van der Waals surface area contributed by atoms with Gasteiger partial charge in [0.25, 0.3) is 0 Å². The zero-order chi connectivity index (χ0) is 12.3. The smallest absolute Gasteiger partial charge is 0.356 e. The van der Waals surface area contributed by atoms with Crippen LogP contribution in [0.5, 0.6) is 5.06 Å². The second-order valence-electron chi connectivity index (χ2n) is 3.68. The lowest BCUT2D eigenvalue weighted by Gasteiger charge is -2.02. The fourth-order valence-corrected chi connectivity index (χ4v) is 2.18. The van der Waals surface area contributed by atoms with Crippen LogP contribution in [0.4, 0.5) is 0 Å². The number of esters is 1. The van der Waals surface area contributed by atoms with Crippen LogP contribution >= 0.6 is 11.3 Å². The molecule has 0 aliphatic heterocycles. The Bertz CT molecular complexity index is 536. The Labute approximate surface area is 103 Å². The summed E-state index contributed by atoms with van der Waals surface area (Å²) in [6, 6.07) is 3.25. The third kappa shape index (κ3) is 2.74. The number of ether oxygens (including phenoxy) is 1. The standard InChI is InChI=1S/C12H13NO3S/c1-2-3-4-16-12(15)9-5-8-6-11(14)17-10(8)7-13-9/h5-7,14H,2-4H2,1H3. The molecule has 90 valence electrons. The van der Waals surface area contributed by atoms with Crippen molar-refractivity contribution >= 4 is 27.4 Å². The van der Waals surface area contributed by atoms with Crippen LogP contribution in [-0.4, -0.2) is 22.7 Å². The van der Waals surface area contributed by atoms with Gasteiger partial charge < -0.3 is 9.84 Å². The van der Waals surface area contributed by atoms with Gasteiger partial charge in [0, 0.05) is 11.6 Å². The summed E-state index contributed by atoms with van der Waals surface area (Å²) in [5.74, 6) is -0.411. The van der Waals surface area contributed by atoms with E-state index in [1.165, 1.54) is 11.3 Å². The third-order valence-electron chi connectivity index (χ3n) is 2.33. The second-order valence-corrected chi connectivity index (χ2v) is 4.74. The minimum Gasteiger partial charge on any atom is -0.499 e. The van der Waals surface area contributed by atoms with Gasteiger partial charge in [-0.25, -0.2) is 9.78 Å². The highest BCUT2D eigenvalue weighted by Gasteiger charge is 2.10. The molecular weight excluding hydrogens is 238 g/mol. The lowest BCUT2D eigenvalue weighted by molar-refractivity contribution is 0.0493. The topological polar surface area (TPSA) is 59.4 Å². The van der Waals surface area contributed by atoms with Crippen molar-refractivity contribution in [1.82, 2.24) is 4.98 Å². The number of hydrogen-bond donors (Lipinski definition) is 1. The van der Waals surface area contributed by atoms with E-state index in [2.05, 4.69) is 4.98 Å². The molecule has 0 spiro atoms. The molecule has 0 amide bonds. The number of hydrogen-bond acceptors (Lipinski definition) is 5. The highest BCUT2D eigenvalue weighted by Crippen LogP contribution is 2.30. The SMILES string of the molecule is CCCCOC(=O)c1cc2cc(O)sc2cn1. The molecule has 2 aromatic heterocycles. The van der Waals surface area contributed by atoms with Crippen LogP contribution in [0.15, 0.2) is 18.3 Å². The van der Waals surface area contributed by atoms with Crippen molar-refractivity contribution in [3.8, 4) is 5.06 Å². The van der Waals surface area contributed by atoms with Gasteiger partial charge in [-0.1, -0.05) is 24.7 Å².